The molecule has 0 spiro atoms. The number of likely N-dealkylation sites (N-methyl/N-ethyl adjacent to an activating group) is 1. The summed E-state index contributed by atoms with van der Waals surface area (Å²) in [5, 5.41) is 2.99. The fraction of sp³-hybridized carbons (Fsp3) is 0.212. The van der Waals surface area contributed by atoms with E-state index in [-0.39, 0.29) is 33.6 Å². The first-order valence-electron chi connectivity index (χ1n) is 13.8. The molecule has 8 nitrogen and oxygen atoms in total. The highest BCUT2D eigenvalue weighted by molar-refractivity contribution is 7.92. The zero-order valence-corrected chi connectivity index (χ0v) is 26.9. The van der Waals surface area contributed by atoms with E-state index in [9.17, 15) is 18.0 Å². The van der Waals surface area contributed by atoms with Crippen molar-refractivity contribution in [2.45, 2.75) is 30.8 Å². The summed E-state index contributed by atoms with van der Waals surface area (Å²) in [6, 6.07) is 26.1. The van der Waals surface area contributed by atoms with E-state index in [1.54, 1.807) is 36.4 Å². The third kappa shape index (κ3) is 7.91. The van der Waals surface area contributed by atoms with Crippen molar-refractivity contribution in [3.8, 4) is 5.75 Å². The van der Waals surface area contributed by atoms with Crippen molar-refractivity contribution in [3.05, 3.63) is 124 Å². The maximum Gasteiger partial charge on any atom is 0.264 e. The van der Waals surface area contributed by atoms with Crippen LogP contribution in [0.25, 0.3) is 0 Å². The van der Waals surface area contributed by atoms with Crippen molar-refractivity contribution < 1.29 is 22.7 Å². The summed E-state index contributed by atoms with van der Waals surface area (Å²) in [5.74, 6) is -0.452. The second-order valence-corrected chi connectivity index (χ2v) is 12.8. The molecular formula is C33H33Cl2N3O5S. The number of hydrogen-bond donors (Lipinski definition) is 1. The van der Waals surface area contributed by atoms with Gasteiger partial charge in [0.1, 0.15) is 18.3 Å². The van der Waals surface area contributed by atoms with Gasteiger partial charge in [0.05, 0.1) is 22.7 Å². The minimum Gasteiger partial charge on any atom is -0.497 e. The predicted molar refractivity (Wildman–Crippen MR) is 174 cm³/mol. The predicted octanol–water partition coefficient (Wildman–Crippen LogP) is 5.89. The van der Waals surface area contributed by atoms with Crippen LogP contribution in [0, 0.1) is 6.92 Å². The van der Waals surface area contributed by atoms with Crippen LogP contribution in [0.4, 0.5) is 5.69 Å². The number of nitrogens with zero attached hydrogens (tertiary/aromatic N) is 2. The van der Waals surface area contributed by atoms with Gasteiger partial charge >= 0.3 is 0 Å². The molecule has 0 heterocycles. The highest BCUT2D eigenvalue weighted by Gasteiger charge is 2.35. The van der Waals surface area contributed by atoms with E-state index < -0.39 is 34.4 Å². The lowest BCUT2D eigenvalue weighted by Crippen LogP contribution is -2.53. The van der Waals surface area contributed by atoms with Crippen LogP contribution in [0.15, 0.2) is 102 Å². The lowest BCUT2D eigenvalue weighted by atomic mass is 10.0. The molecule has 4 aromatic carbocycles. The molecule has 0 bridgehead atoms. The van der Waals surface area contributed by atoms with Gasteiger partial charge in [0, 0.05) is 25.0 Å². The van der Waals surface area contributed by atoms with Crippen LogP contribution in [0.3, 0.4) is 0 Å². The Bertz CT molecular complexity index is 1720. The van der Waals surface area contributed by atoms with Crippen LogP contribution in [-0.2, 0) is 32.6 Å². The number of carbonyl (C=O) groups excluding carboxylic acids is 2. The summed E-state index contributed by atoms with van der Waals surface area (Å²) in [4.78, 5) is 29.1. The number of nitrogens with one attached hydrogen (secondary N) is 1. The van der Waals surface area contributed by atoms with E-state index in [4.69, 9.17) is 27.9 Å². The van der Waals surface area contributed by atoms with Gasteiger partial charge in [-0.25, -0.2) is 8.42 Å². The first-order chi connectivity index (χ1) is 21.0. The number of halogens is 2. The minimum atomic E-state index is -4.31. The number of benzene rings is 4. The number of amides is 2. The Morgan fingerprint density at radius 2 is 1.57 bits per heavy atom. The van der Waals surface area contributed by atoms with Gasteiger partial charge < -0.3 is 15.0 Å². The second-order valence-electron chi connectivity index (χ2n) is 10.1. The second kappa shape index (κ2) is 14.6. The van der Waals surface area contributed by atoms with Gasteiger partial charge in [0.15, 0.2) is 0 Å². The van der Waals surface area contributed by atoms with E-state index in [0.717, 1.165) is 15.4 Å². The van der Waals surface area contributed by atoms with Crippen molar-refractivity contribution in [1.82, 2.24) is 10.2 Å². The standard InChI is InChI=1S/C33H33Cl2N3O5S/c1-23-12-15-28(16-13-23)44(41,42)38(30-20-26(34)14-17-29(30)35)22-32(39)37(21-25-10-7-11-27(18-25)43-3)31(33(40)36-2)19-24-8-5-4-6-9-24/h4-18,20,31H,19,21-22H2,1-3H3,(H,36,40)/t31-/m1/s1. The molecular weight excluding hydrogens is 621 g/mol. The van der Waals surface area contributed by atoms with E-state index >= 15 is 0 Å². The van der Waals surface area contributed by atoms with Crippen LogP contribution in [0.2, 0.25) is 10.0 Å². The average molecular weight is 655 g/mol. The Morgan fingerprint density at radius 1 is 0.886 bits per heavy atom. The summed E-state index contributed by atoms with van der Waals surface area (Å²) in [5.41, 5.74) is 2.42. The monoisotopic (exact) mass is 653 g/mol. The van der Waals surface area contributed by atoms with Gasteiger partial charge in [-0.05, 0) is 60.5 Å². The maximum absolute atomic E-state index is 14.4. The van der Waals surface area contributed by atoms with Gasteiger partial charge in [-0.3, -0.25) is 13.9 Å². The maximum atomic E-state index is 14.4. The average Bonchev–Trinajstić information content (AvgIpc) is 3.03. The molecule has 0 radical (unpaired) electrons. The van der Waals surface area contributed by atoms with Crippen molar-refractivity contribution in [1.29, 1.82) is 0 Å². The molecule has 230 valence electrons. The lowest BCUT2D eigenvalue weighted by Gasteiger charge is -2.34. The summed E-state index contributed by atoms with van der Waals surface area (Å²) in [6.45, 7) is 1.19. The minimum absolute atomic E-state index is 0.00263. The van der Waals surface area contributed by atoms with Crippen molar-refractivity contribution >= 4 is 50.7 Å². The summed E-state index contributed by atoms with van der Waals surface area (Å²) >= 11 is 12.8. The van der Waals surface area contributed by atoms with Crippen molar-refractivity contribution in [2.24, 2.45) is 0 Å². The van der Waals surface area contributed by atoms with E-state index in [1.807, 2.05) is 37.3 Å². The summed E-state index contributed by atoms with van der Waals surface area (Å²) in [6.07, 6.45) is 0.193. The normalized spacial score (nSPS) is 11.8. The molecule has 0 aliphatic heterocycles. The molecule has 1 atom stereocenters. The van der Waals surface area contributed by atoms with Crippen LogP contribution in [0.1, 0.15) is 16.7 Å². The number of methoxy groups -OCH3 is 1. The fourth-order valence-corrected chi connectivity index (χ4v) is 6.58. The molecule has 0 saturated heterocycles. The first-order valence-corrected chi connectivity index (χ1v) is 16.0. The zero-order valence-electron chi connectivity index (χ0n) is 24.5. The third-order valence-corrected chi connectivity index (χ3v) is 9.40. The number of hydrogen-bond acceptors (Lipinski definition) is 5. The molecule has 4 aromatic rings. The van der Waals surface area contributed by atoms with Crippen LogP contribution < -0.4 is 14.4 Å². The molecule has 0 unspecified atom stereocenters. The smallest absolute Gasteiger partial charge is 0.264 e. The topological polar surface area (TPSA) is 96.0 Å². The number of sulfonamides is 1. The SMILES string of the molecule is CNC(=O)[C@@H](Cc1ccccc1)N(Cc1cccc(OC)c1)C(=O)CN(c1cc(Cl)ccc1Cl)S(=O)(=O)c1ccc(C)cc1. The van der Waals surface area contributed by atoms with Crippen molar-refractivity contribution in [2.75, 3.05) is 25.0 Å². The highest BCUT2D eigenvalue weighted by atomic mass is 35.5. The Morgan fingerprint density at radius 3 is 2.23 bits per heavy atom. The summed E-state index contributed by atoms with van der Waals surface area (Å²) < 4.78 is 34.5. The molecule has 0 saturated carbocycles. The number of carbonyl (C=O) groups is 2. The fourth-order valence-electron chi connectivity index (χ4n) is 4.72. The Kier molecular flexibility index (Phi) is 10.9. The van der Waals surface area contributed by atoms with E-state index in [2.05, 4.69) is 5.32 Å². The van der Waals surface area contributed by atoms with Crippen LogP contribution in [-0.4, -0.2) is 51.9 Å². The molecule has 4 rings (SSSR count). The van der Waals surface area contributed by atoms with Gasteiger partial charge in [-0.15, -0.1) is 0 Å². The van der Waals surface area contributed by atoms with Gasteiger partial charge in [-0.2, -0.15) is 0 Å². The Labute approximate surface area is 268 Å². The van der Waals surface area contributed by atoms with Gasteiger partial charge in [0.25, 0.3) is 10.0 Å². The van der Waals surface area contributed by atoms with Crippen LogP contribution in [0.5, 0.6) is 5.75 Å². The lowest BCUT2D eigenvalue weighted by molar-refractivity contribution is -0.139. The molecule has 0 aromatic heterocycles. The highest BCUT2D eigenvalue weighted by Crippen LogP contribution is 2.33. The largest absolute Gasteiger partial charge is 0.497 e. The zero-order chi connectivity index (χ0) is 31.9. The van der Waals surface area contributed by atoms with Crippen molar-refractivity contribution in [3.63, 3.8) is 0 Å². The molecule has 11 heteroatoms. The molecule has 44 heavy (non-hydrogen) atoms. The molecule has 0 fully saturated rings. The number of anilines is 1. The quantitative estimate of drug-likeness (QED) is 0.206. The van der Waals surface area contributed by atoms with Gasteiger partial charge in [-0.1, -0.05) is 83.4 Å². The molecule has 0 aliphatic carbocycles. The number of aryl methyl sites for hydroxylation is 1. The van der Waals surface area contributed by atoms with E-state index in [0.29, 0.717) is 11.3 Å². The number of ether oxygens (including phenoxy) is 1. The first kappa shape index (κ1) is 32.9. The third-order valence-electron chi connectivity index (χ3n) is 7.07. The summed E-state index contributed by atoms with van der Waals surface area (Å²) in [7, 11) is -1.28. The van der Waals surface area contributed by atoms with Gasteiger partial charge in [0.2, 0.25) is 11.8 Å². The van der Waals surface area contributed by atoms with E-state index in [1.165, 1.54) is 49.4 Å². The Hall–Kier alpha value is -4.05. The molecule has 2 amide bonds. The molecule has 0 aliphatic rings. The Balaban J connectivity index is 1.82. The molecule has 1 N–H and O–H groups in total. The number of rotatable bonds is 12. The van der Waals surface area contributed by atoms with Crippen LogP contribution >= 0.6 is 23.2 Å².